The van der Waals surface area contributed by atoms with Crippen molar-refractivity contribution in [2.45, 2.75) is 45.4 Å². The maximum Gasteiger partial charge on any atom is 0.250 e. The minimum Gasteiger partial charge on any atom is -0.542 e. The van der Waals surface area contributed by atoms with Crippen molar-refractivity contribution in [3.63, 3.8) is 0 Å². The minimum atomic E-state index is -1.89. The van der Waals surface area contributed by atoms with E-state index in [4.69, 9.17) is 9.69 Å². The van der Waals surface area contributed by atoms with Gasteiger partial charge in [0.1, 0.15) is 17.8 Å². The third-order valence-electron chi connectivity index (χ3n) is 4.03. The van der Waals surface area contributed by atoms with E-state index in [0.29, 0.717) is 6.54 Å². The SMILES string of the molecule is CC(C)(C)[Si](C)(C)Oc1cccc2c1ncn2CC#N. The summed E-state index contributed by atoms with van der Waals surface area (Å²) in [5.74, 6) is 0.825. The van der Waals surface area contributed by atoms with Gasteiger partial charge in [-0.1, -0.05) is 26.8 Å². The molecular weight excluding hydrogens is 266 g/mol. The number of nitrogens with zero attached hydrogens (tertiary/aromatic N) is 3. The molecule has 4 nitrogen and oxygen atoms in total. The molecule has 5 heteroatoms. The van der Waals surface area contributed by atoms with Crippen molar-refractivity contribution in [2.24, 2.45) is 0 Å². The van der Waals surface area contributed by atoms with Crippen LogP contribution in [0.15, 0.2) is 24.5 Å². The van der Waals surface area contributed by atoms with Crippen LogP contribution >= 0.6 is 0 Å². The molecule has 0 aliphatic rings. The molecule has 0 amide bonds. The molecule has 1 aromatic carbocycles. The smallest absolute Gasteiger partial charge is 0.250 e. The van der Waals surface area contributed by atoms with Gasteiger partial charge in [0, 0.05) is 0 Å². The van der Waals surface area contributed by atoms with E-state index in [0.717, 1.165) is 16.8 Å². The number of fused-ring (bicyclic) bond motifs is 1. The Balaban J connectivity index is 2.44. The quantitative estimate of drug-likeness (QED) is 0.803. The Hall–Kier alpha value is -1.80. The van der Waals surface area contributed by atoms with Crippen LogP contribution in [-0.2, 0) is 6.54 Å². The zero-order valence-electron chi connectivity index (χ0n) is 12.8. The van der Waals surface area contributed by atoms with Gasteiger partial charge in [-0.3, -0.25) is 0 Å². The predicted molar refractivity (Wildman–Crippen MR) is 83.2 cm³/mol. The molecular formula is C15H21N3OSi. The Bertz CT molecular complexity index is 662. The van der Waals surface area contributed by atoms with Gasteiger partial charge < -0.3 is 8.99 Å². The molecule has 0 N–H and O–H groups in total. The van der Waals surface area contributed by atoms with Crippen LogP contribution in [-0.4, -0.2) is 17.9 Å². The summed E-state index contributed by atoms with van der Waals surface area (Å²) in [7, 11) is -1.89. The molecule has 0 fully saturated rings. The summed E-state index contributed by atoms with van der Waals surface area (Å²) in [6.07, 6.45) is 1.70. The van der Waals surface area contributed by atoms with Crippen LogP contribution in [0.3, 0.4) is 0 Å². The number of rotatable bonds is 3. The summed E-state index contributed by atoms with van der Waals surface area (Å²) < 4.78 is 8.19. The van der Waals surface area contributed by atoms with E-state index in [1.54, 1.807) is 6.33 Å². The van der Waals surface area contributed by atoms with Crippen LogP contribution in [0.25, 0.3) is 11.0 Å². The second-order valence-electron chi connectivity index (χ2n) is 6.52. The van der Waals surface area contributed by atoms with Crippen LogP contribution in [0, 0.1) is 11.3 Å². The Morgan fingerprint density at radius 1 is 1.35 bits per heavy atom. The third kappa shape index (κ3) is 2.56. The van der Waals surface area contributed by atoms with E-state index in [2.05, 4.69) is 44.9 Å². The molecule has 1 aromatic heterocycles. The molecule has 0 bridgehead atoms. The highest BCUT2D eigenvalue weighted by Gasteiger charge is 2.39. The molecule has 0 saturated heterocycles. The fourth-order valence-electron chi connectivity index (χ4n) is 1.77. The summed E-state index contributed by atoms with van der Waals surface area (Å²) in [6.45, 7) is 11.4. The highest BCUT2D eigenvalue weighted by Crippen LogP contribution is 2.38. The van der Waals surface area contributed by atoms with Crippen molar-refractivity contribution in [3.05, 3.63) is 24.5 Å². The summed E-state index contributed by atoms with van der Waals surface area (Å²) >= 11 is 0. The lowest BCUT2D eigenvalue weighted by atomic mass is 10.2. The average molecular weight is 287 g/mol. The Morgan fingerprint density at radius 2 is 2.05 bits per heavy atom. The Kier molecular flexibility index (Phi) is 3.61. The van der Waals surface area contributed by atoms with E-state index < -0.39 is 8.32 Å². The van der Waals surface area contributed by atoms with Crippen molar-refractivity contribution in [3.8, 4) is 11.8 Å². The minimum absolute atomic E-state index is 0.143. The van der Waals surface area contributed by atoms with Crippen LogP contribution < -0.4 is 4.43 Å². The van der Waals surface area contributed by atoms with Gasteiger partial charge in [0.25, 0.3) is 8.32 Å². The first-order valence-corrected chi connectivity index (χ1v) is 9.67. The monoisotopic (exact) mass is 287 g/mol. The van der Waals surface area contributed by atoms with Gasteiger partial charge in [-0.15, -0.1) is 0 Å². The predicted octanol–water partition coefficient (Wildman–Crippen LogP) is 3.94. The zero-order chi connectivity index (χ0) is 15.0. The van der Waals surface area contributed by atoms with Gasteiger partial charge in [0.2, 0.25) is 0 Å². The number of nitriles is 1. The normalized spacial score (nSPS) is 12.4. The summed E-state index contributed by atoms with van der Waals surface area (Å²) in [5, 5.41) is 8.98. The van der Waals surface area contributed by atoms with Crippen molar-refractivity contribution >= 4 is 19.4 Å². The molecule has 0 atom stereocenters. The molecule has 0 radical (unpaired) electrons. The topological polar surface area (TPSA) is 50.8 Å². The second-order valence-corrected chi connectivity index (χ2v) is 11.2. The van der Waals surface area contributed by atoms with Gasteiger partial charge in [0.15, 0.2) is 0 Å². The zero-order valence-corrected chi connectivity index (χ0v) is 13.8. The largest absolute Gasteiger partial charge is 0.542 e. The fraction of sp³-hybridized carbons (Fsp3) is 0.467. The third-order valence-corrected chi connectivity index (χ3v) is 8.37. The van der Waals surface area contributed by atoms with Crippen LogP contribution in [0.5, 0.6) is 5.75 Å². The van der Waals surface area contributed by atoms with Gasteiger partial charge in [-0.2, -0.15) is 5.26 Å². The maximum atomic E-state index is 8.84. The Morgan fingerprint density at radius 3 is 2.65 bits per heavy atom. The molecule has 0 saturated carbocycles. The molecule has 2 aromatic rings. The number of benzene rings is 1. The standard InChI is InChI=1S/C15H21N3OSi/c1-15(2,3)20(4,5)19-13-8-6-7-12-14(13)17-11-18(12)10-9-16/h6-8,11H,10H2,1-5H3. The Labute approximate surface area is 121 Å². The van der Waals surface area contributed by atoms with E-state index >= 15 is 0 Å². The number of imidazole rings is 1. The van der Waals surface area contributed by atoms with Crippen LogP contribution in [0.4, 0.5) is 0 Å². The first kappa shape index (κ1) is 14.6. The lowest BCUT2D eigenvalue weighted by molar-refractivity contribution is 0.496. The number of para-hydroxylation sites is 1. The average Bonchev–Trinajstić information content (AvgIpc) is 2.72. The van der Waals surface area contributed by atoms with Crippen LogP contribution in [0.1, 0.15) is 20.8 Å². The number of aromatic nitrogens is 2. The molecule has 2 rings (SSSR count). The lowest BCUT2D eigenvalue weighted by Crippen LogP contribution is -2.43. The summed E-state index contributed by atoms with van der Waals surface area (Å²) in [4.78, 5) is 4.41. The fourth-order valence-corrected chi connectivity index (χ4v) is 2.80. The molecule has 1 heterocycles. The first-order chi connectivity index (χ1) is 9.26. The second kappa shape index (κ2) is 4.95. The van der Waals surface area contributed by atoms with Crippen molar-refractivity contribution in [1.29, 1.82) is 5.26 Å². The highest BCUT2D eigenvalue weighted by atomic mass is 28.4. The highest BCUT2D eigenvalue weighted by molar-refractivity contribution is 6.74. The molecule has 20 heavy (non-hydrogen) atoms. The van der Waals surface area contributed by atoms with Gasteiger partial charge in [-0.25, -0.2) is 4.98 Å². The van der Waals surface area contributed by atoms with Gasteiger partial charge in [0.05, 0.1) is 17.9 Å². The van der Waals surface area contributed by atoms with E-state index in [-0.39, 0.29) is 5.04 Å². The van der Waals surface area contributed by atoms with Crippen LogP contribution in [0.2, 0.25) is 18.1 Å². The molecule has 0 unspecified atom stereocenters. The maximum absolute atomic E-state index is 8.84. The molecule has 106 valence electrons. The lowest BCUT2D eigenvalue weighted by Gasteiger charge is -2.36. The van der Waals surface area contributed by atoms with Crippen molar-refractivity contribution in [2.75, 3.05) is 0 Å². The number of hydrogen-bond acceptors (Lipinski definition) is 3. The first-order valence-electron chi connectivity index (χ1n) is 6.76. The van der Waals surface area contributed by atoms with E-state index in [1.165, 1.54) is 0 Å². The summed E-state index contributed by atoms with van der Waals surface area (Å²) in [6, 6.07) is 8.04. The molecule has 0 aliphatic carbocycles. The van der Waals surface area contributed by atoms with Gasteiger partial charge in [-0.05, 0) is 30.3 Å². The van der Waals surface area contributed by atoms with Gasteiger partial charge >= 0.3 is 0 Å². The summed E-state index contributed by atoms with van der Waals surface area (Å²) in [5.41, 5.74) is 1.79. The van der Waals surface area contributed by atoms with Crippen molar-refractivity contribution in [1.82, 2.24) is 9.55 Å². The molecule has 0 spiro atoms. The molecule has 0 aliphatic heterocycles. The van der Waals surface area contributed by atoms with Crippen molar-refractivity contribution < 1.29 is 4.43 Å². The van der Waals surface area contributed by atoms with E-state index in [1.807, 2.05) is 22.8 Å². The van der Waals surface area contributed by atoms with E-state index in [9.17, 15) is 0 Å². The number of hydrogen-bond donors (Lipinski definition) is 0.